The Labute approximate surface area is 115 Å². The van der Waals surface area contributed by atoms with Crippen molar-refractivity contribution < 1.29 is 13.5 Å². The fourth-order valence-corrected chi connectivity index (χ4v) is 1.74. The number of rotatable bonds is 4. The van der Waals surface area contributed by atoms with Crippen LogP contribution in [-0.2, 0) is 6.54 Å². The quantitative estimate of drug-likeness (QED) is 0.930. The molecule has 2 rings (SSSR count). The fraction of sp³-hybridized carbons (Fsp3) is 0.133. The largest absolute Gasteiger partial charge is 0.453 e. The first-order valence-corrected chi connectivity index (χ1v) is 5.94. The lowest BCUT2D eigenvalue weighted by molar-refractivity contribution is 0.436. The summed E-state index contributed by atoms with van der Waals surface area (Å²) in [6, 6.07) is 10.0. The summed E-state index contributed by atoms with van der Waals surface area (Å²) < 4.78 is 31.7. The summed E-state index contributed by atoms with van der Waals surface area (Å²) in [5.74, 6) is -1.38. The lowest BCUT2D eigenvalue weighted by Crippen LogP contribution is -2.05. The number of nitrogens with zero attached hydrogens (tertiary/aromatic N) is 1. The van der Waals surface area contributed by atoms with Gasteiger partial charge in [-0.15, -0.1) is 0 Å². The molecule has 0 aliphatic carbocycles. The zero-order valence-electron chi connectivity index (χ0n) is 10.8. The number of nitriles is 1. The van der Waals surface area contributed by atoms with Crippen LogP contribution in [-0.4, -0.2) is 7.05 Å². The van der Waals surface area contributed by atoms with Gasteiger partial charge in [-0.25, -0.2) is 8.78 Å². The van der Waals surface area contributed by atoms with Gasteiger partial charge in [-0.3, -0.25) is 0 Å². The van der Waals surface area contributed by atoms with Crippen LogP contribution < -0.4 is 10.1 Å². The molecule has 5 heteroatoms. The van der Waals surface area contributed by atoms with Crippen LogP contribution >= 0.6 is 0 Å². The molecule has 0 radical (unpaired) electrons. The van der Waals surface area contributed by atoms with Crippen molar-refractivity contribution in [1.29, 1.82) is 5.26 Å². The van der Waals surface area contributed by atoms with E-state index in [2.05, 4.69) is 5.32 Å². The van der Waals surface area contributed by atoms with Gasteiger partial charge in [0.15, 0.2) is 11.6 Å². The van der Waals surface area contributed by atoms with Crippen molar-refractivity contribution in [2.45, 2.75) is 6.54 Å². The fourth-order valence-electron chi connectivity index (χ4n) is 1.74. The zero-order chi connectivity index (χ0) is 14.5. The van der Waals surface area contributed by atoms with E-state index in [1.807, 2.05) is 6.07 Å². The summed E-state index contributed by atoms with van der Waals surface area (Å²) in [7, 11) is 1.80. The van der Waals surface area contributed by atoms with Crippen LogP contribution in [0.4, 0.5) is 8.78 Å². The van der Waals surface area contributed by atoms with E-state index in [4.69, 9.17) is 10.00 Å². The molecule has 0 unspecified atom stereocenters. The number of nitrogens with one attached hydrogen (secondary N) is 1. The van der Waals surface area contributed by atoms with E-state index in [1.54, 1.807) is 25.2 Å². The number of hydrogen-bond donors (Lipinski definition) is 1. The molecule has 0 heterocycles. The van der Waals surface area contributed by atoms with Crippen molar-refractivity contribution in [2.24, 2.45) is 0 Å². The first-order valence-electron chi connectivity index (χ1n) is 5.94. The van der Waals surface area contributed by atoms with Gasteiger partial charge in [0.05, 0.1) is 5.56 Å². The topological polar surface area (TPSA) is 45.0 Å². The number of hydrogen-bond acceptors (Lipinski definition) is 3. The molecule has 2 aromatic rings. The highest BCUT2D eigenvalue weighted by Crippen LogP contribution is 2.28. The molecule has 0 spiro atoms. The normalized spacial score (nSPS) is 10.1. The maximum absolute atomic E-state index is 13.5. The van der Waals surface area contributed by atoms with Crippen LogP contribution in [0.25, 0.3) is 0 Å². The molecular weight excluding hydrogens is 262 g/mol. The first-order chi connectivity index (χ1) is 9.63. The molecule has 20 heavy (non-hydrogen) atoms. The minimum atomic E-state index is -0.812. The second-order valence-electron chi connectivity index (χ2n) is 4.15. The van der Waals surface area contributed by atoms with Crippen LogP contribution in [0.2, 0.25) is 0 Å². The summed E-state index contributed by atoms with van der Waals surface area (Å²) >= 11 is 0. The molecule has 102 valence electrons. The average Bonchev–Trinajstić information content (AvgIpc) is 2.43. The van der Waals surface area contributed by atoms with Gasteiger partial charge in [-0.1, -0.05) is 6.07 Å². The first kappa shape index (κ1) is 14.0. The molecule has 0 fully saturated rings. The molecule has 1 N–H and O–H groups in total. The Balaban J connectivity index is 2.31. The Morgan fingerprint density at radius 2 is 1.90 bits per heavy atom. The third-order valence-electron chi connectivity index (χ3n) is 2.66. The molecule has 0 bridgehead atoms. The van der Waals surface area contributed by atoms with Crippen molar-refractivity contribution in [3.05, 3.63) is 59.2 Å². The molecule has 3 nitrogen and oxygen atoms in total. The number of benzene rings is 2. The van der Waals surface area contributed by atoms with Gasteiger partial charge >= 0.3 is 0 Å². The van der Waals surface area contributed by atoms with Gasteiger partial charge in [-0.2, -0.15) is 5.26 Å². The highest BCUT2D eigenvalue weighted by Gasteiger charge is 2.10. The average molecular weight is 274 g/mol. The summed E-state index contributed by atoms with van der Waals surface area (Å²) in [4.78, 5) is 0. The Morgan fingerprint density at radius 3 is 2.55 bits per heavy atom. The Morgan fingerprint density at radius 1 is 1.15 bits per heavy atom. The van der Waals surface area contributed by atoms with E-state index < -0.39 is 11.6 Å². The van der Waals surface area contributed by atoms with Crippen molar-refractivity contribution in [1.82, 2.24) is 5.32 Å². The van der Waals surface area contributed by atoms with Gasteiger partial charge in [0.25, 0.3) is 0 Å². The molecular formula is C15H12F2N2O. The summed E-state index contributed by atoms with van der Waals surface area (Å²) in [6.07, 6.45) is 0. The van der Waals surface area contributed by atoms with Gasteiger partial charge in [0.2, 0.25) is 0 Å². The third kappa shape index (κ3) is 3.11. The van der Waals surface area contributed by atoms with Crippen LogP contribution in [0, 0.1) is 23.0 Å². The van der Waals surface area contributed by atoms with E-state index in [0.29, 0.717) is 12.1 Å². The predicted molar refractivity (Wildman–Crippen MR) is 70.4 cm³/mol. The lowest BCUT2D eigenvalue weighted by atomic mass is 10.1. The standard InChI is InChI=1S/C15H12F2N2O/c1-19-9-10-2-4-14(11(6-10)8-18)20-15-5-3-12(16)7-13(15)17/h2-7,19H,9H2,1H3. The molecule has 0 aromatic heterocycles. The highest BCUT2D eigenvalue weighted by molar-refractivity contribution is 5.47. The molecule has 0 amide bonds. The third-order valence-corrected chi connectivity index (χ3v) is 2.66. The monoisotopic (exact) mass is 274 g/mol. The van der Waals surface area contributed by atoms with Gasteiger partial charge in [0, 0.05) is 12.6 Å². The van der Waals surface area contributed by atoms with Crippen LogP contribution in [0.5, 0.6) is 11.5 Å². The van der Waals surface area contributed by atoms with Crippen LogP contribution in [0.1, 0.15) is 11.1 Å². The SMILES string of the molecule is CNCc1ccc(Oc2ccc(F)cc2F)c(C#N)c1. The van der Waals surface area contributed by atoms with Crippen molar-refractivity contribution >= 4 is 0 Å². The molecule has 2 aromatic carbocycles. The molecule has 0 saturated carbocycles. The number of halogens is 2. The maximum atomic E-state index is 13.5. The molecule has 0 aliphatic heterocycles. The van der Waals surface area contributed by atoms with Crippen LogP contribution in [0.15, 0.2) is 36.4 Å². The van der Waals surface area contributed by atoms with Gasteiger partial charge < -0.3 is 10.1 Å². The van der Waals surface area contributed by atoms with E-state index >= 15 is 0 Å². The van der Waals surface area contributed by atoms with E-state index in [9.17, 15) is 8.78 Å². The predicted octanol–water partition coefficient (Wildman–Crippen LogP) is 3.35. The van der Waals surface area contributed by atoms with Crippen LogP contribution in [0.3, 0.4) is 0 Å². The second kappa shape index (κ2) is 6.13. The zero-order valence-corrected chi connectivity index (χ0v) is 10.8. The Hall–Kier alpha value is -2.45. The molecule has 0 aliphatic rings. The maximum Gasteiger partial charge on any atom is 0.168 e. The molecule has 0 atom stereocenters. The Kier molecular flexibility index (Phi) is 4.28. The second-order valence-corrected chi connectivity index (χ2v) is 4.15. The summed E-state index contributed by atoms with van der Waals surface area (Å²) in [5.41, 5.74) is 1.21. The summed E-state index contributed by atoms with van der Waals surface area (Å²) in [6.45, 7) is 0.611. The van der Waals surface area contributed by atoms with Crippen molar-refractivity contribution in [3.8, 4) is 17.6 Å². The van der Waals surface area contributed by atoms with Crippen molar-refractivity contribution in [3.63, 3.8) is 0 Å². The minimum absolute atomic E-state index is 0.121. The highest BCUT2D eigenvalue weighted by atomic mass is 19.1. The summed E-state index contributed by atoms with van der Waals surface area (Å²) in [5, 5.41) is 12.1. The molecule has 0 saturated heterocycles. The van der Waals surface area contributed by atoms with Gasteiger partial charge in [-0.05, 0) is 36.9 Å². The van der Waals surface area contributed by atoms with E-state index in [1.165, 1.54) is 6.07 Å². The lowest BCUT2D eigenvalue weighted by Gasteiger charge is -2.09. The van der Waals surface area contributed by atoms with Crippen molar-refractivity contribution in [2.75, 3.05) is 7.05 Å². The van der Waals surface area contributed by atoms with Gasteiger partial charge in [0.1, 0.15) is 17.6 Å². The smallest absolute Gasteiger partial charge is 0.168 e. The van der Waals surface area contributed by atoms with E-state index in [0.717, 1.165) is 17.7 Å². The number of ether oxygens (including phenoxy) is 1. The Bertz CT molecular complexity index is 665. The van der Waals surface area contributed by atoms with E-state index in [-0.39, 0.29) is 11.5 Å². The minimum Gasteiger partial charge on any atom is -0.453 e.